The fraction of sp³-hybridized carbons (Fsp3) is 0.261. The van der Waals surface area contributed by atoms with Crippen LogP contribution in [0.25, 0.3) is 10.9 Å². The van der Waals surface area contributed by atoms with Gasteiger partial charge < -0.3 is 5.41 Å². The molecule has 0 aliphatic heterocycles. The van der Waals surface area contributed by atoms with E-state index in [1.165, 1.54) is 12.5 Å². The number of Topliss-reactive ketones (excluding diaryl/α,β-unsaturated/α-hetero) is 1. The average molecular weight is 419 g/mol. The molecule has 3 aromatic rings. The number of nitriles is 1. The van der Waals surface area contributed by atoms with Gasteiger partial charge in [0.1, 0.15) is 5.92 Å². The van der Waals surface area contributed by atoms with Gasteiger partial charge in [0.15, 0.2) is 10.9 Å². The van der Waals surface area contributed by atoms with Crippen LogP contribution >= 0.6 is 11.8 Å². The third-order valence-corrected chi connectivity index (χ3v) is 5.74. The molecule has 152 valence electrons. The van der Waals surface area contributed by atoms with Crippen molar-refractivity contribution in [2.45, 2.75) is 31.5 Å². The highest BCUT2D eigenvalue weighted by atomic mass is 32.2. The Kier molecular flexibility index (Phi) is 7.15. The van der Waals surface area contributed by atoms with Crippen molar-refractivity contribution in [1.82, 2.24) is 9.55 Å². The second kappa shape index (κ2) is 9.99. The number of ketones is 1. The highest BCUT2D eigenvalue weighted by molar-refractivity contribution is 7.99. The van der Waals surface area contributed by atoms with Crippen LogP contribution in [0.2, 0.25) is 0 Å². The minimum Gasteiger partial charge on any atom is -0.308 e. The Morgan fingerprint density at radius 2 is 1.90 bits per heavy atom. The predicted octanol–water partition coefficient (Wildman–Crippen LogP) is 3.87. The Labute approximate surface area is 179 Å². The first kappa shape index (κ1) is 21.5. The number of nitrogens with one attached hydrogen (secondary N) is 1. The van der Waals surface area contributed by atoms with Crippen LogP contribution in [0.4, 0.5) is 0 Å². The van der Waals surface area contributed by atoms with E-state index in [1.54, 1.807) is 22.8 Å². The number of benzene rings is 2. The normalized spacial score (nSPS) is 11.7. The molecule has 7 heteroatoms. The molecule has 1 atom stereocenters. The van der Waals surface area contributed by atoms with Gasteiger partial charge in [-0.2, -0.15) is 5.26 Å². The zero-order chi connectivity index (χ0) is 21.5. The van der Waals surface area contributed by atoms with Crippen LogP contribution in [0.3, 0.4) is 0 Å². The Hall–Kier alpha value is -3.24. The second-order valence-corrected chi connectivity index (χ2v) is 7.90. The third kappa shape index (κ3) is 5.02. The van der Waals surface area contributed by atoms with E-state index in [1.807, 2.05) is 30.3 Å². The highest BCUT2D eigenvalue weighted by Crippen LogP contribution is 2.20. The van der Waals surface area contributed by atoms with E-state index in [0.29, 0.717) is 22.6 Å². The maximum atomic E-state index is 13.1. The standard InChI is InChI=1S/C23H22N4O2S/c1-16(25)19(14-24)21(28)15-30-23-26-20-12-6-5-11-18(20)22(29)27(23)13-7-10-17-8-3-2-4-9-17/h2-6,8-9,11-12,19,25H,7,10,13,15H2,1H3. The van der Waals surface area contributed by atoms with E-state index in [2.05, 4.69) is 17.1 Å². The summed E-state index contributed by atoms with van der Waals surface area (Å²) in [6.45, 7) is 1.93. The van der Waals surface area contributed by atoms with Gasteiger partial charge in [-0.3, -0.25) is 14.2 Å². The van der Waals surface area contributed by atoms with Gasteiger partial charge in [-0.1, -0.05) is 54.2 Å². The summed E-state index contributed by atoms with van der Waals surface area (Å²) in [5.41, 5.74) is 1.66. The number of carbonyl (C=O) groups excluding carboxylic acids is 1. The first-order valence-electron chi connectivity index (χ1n) is 9.65. The van der Waals surface area contributed by atoms with Crippen LogP contribution in [0.15, 0.2) is 64.5 Å². The van der Waals surface area contributed by atoms with Gasteiger partial charge in [-0.05, 0) is 37.5 Å². The SMILES string of the molecule is CC(=N)C(C#N)C(=O)CSc1nc2ccccc2c(=O)n1CCCc1ccccc1. The second-order valence-electron chi connectivity index (χ2n) is 6.96. The number of hydrogen-bond donors (Lipinski definition) is 1. The summed E-state index contributed by atoms with van der Waals surface area (Å²) in [6, 6.07) is 19.1. The van der Waals surface area contributed by atoms with Crippen LogP contribution < -0.4 is 5.56 Å². The summed E-state index contributed by atoms with van der Waals surface area (Å²) in [5.74, 6) is -1.43. The molecule has 30 heavy (non-hydrogen) atoms. The molecule has 0 radical (unpaired) electrons. The van der Waals surface area contributed by atoms with Crippen LogP contribution in [0, 0.1) is 22.7 Å². The molecule has 0 saturated carbocycles. The van der Waals surface area contributed by atoms with E-state index in [9.17, 15) is 9.59 Å². The number of rotatable bonds is 9. The lowest BCUT2D eigenvalue weighted by molar-refractivity contribution is -0.117. The number of carbonyl (C=O) groups is 1. The molecule has 0 amide bonds. The van der Waals surface area contributed by atoms with Gasteiger partial charge in [0.25, 0.3) is 5.56 Å². The molecular weight excluding hydrogens is 396 g/mol. The summed E-state index contributed by atoms with van der Waals surface area (Å²) in [4.78, 5) is 30.0. The van der Waals surface area contributed by atoms with Crippen molar-refractivity contribution >= 4 is 34.2 Å². The summed E-state index contributed by atoms with van der Waals surface area (Å²) in [6.07, 6.45) is 1.58. The number of thioether (sulfide) groups is 1. The Morgan fingerprint density at radius 1 is 1.20 bits per heavy atom. The molecule has 0 saturated heterocycles. The molecule has 6 nitrogen and oxygen atoms in total. The summed E-state index contributed by atoms with van der Waals surface area (Å²) in [5, 5.41) is 17.7. The van der Waals surface area contributed by atoms with Gasteiger partial charge in [-0.15, -0.1) is 0 Å². The molecular formula is C23H22N4O2S. The van der Waals surface area contributed by atoms with E-state index in [-0.39, 0.29) is 22.8 Å². The molecule has 0 aliphatic rings. The topological polar surface area (TPSA) is 99.6 Å². The number of aromatic nitrogens is 2. The molecule has 1 unspecified atom stereocenters. The monoisotopic (exact) mass is 418 g/mol. The predicted molar refractivity (Wildman–Crippen MR) is 119 cm³/mol. The molecule has 0 fully saturated rings. The maximum Gasteiger partial charge on any atom is 0.262 e. The smallest absolute Gasteiger partial charge is 0.262 e. The molecule has 1 aromatic heterocycles. The highest BCUT2D eigenvalue weighted by Gasteiger charge is 2.21. The van der Waals surface area contributed by atoms with E-state index in [0.717, 1.165) is 24.6 Å². The molecule has 2 aromatic carbocycles. The van der Waals surface area contributed by atoms with Crippen molar-refractivity contribution in [1.29, 1.82) is 10.7 Å². The minimum absolute atomic E-state index is 0.0160. The maximum absolute atomic E-state index is 13.1. The molecule has 1 N–H and O–H groups in total. The summed E-state index contributed by atoms with van der Waals surface area (Å²) in [7, 11) is 0. The zero-order valence-electron chi connectivity index (χ0n) is 16.7. The van der Waals surface area contributed by atoms with Crippen LogP contribution in [0.1, 0.15) is 18.9 Å². The number of fused-ring (bicyclic) bond motifs is 1. The first-order valence-corrected chi connectivity index (χ1v) is 10.6. The molecule has 3 rings (SSSR count). The van der Waals surface area contributed by atoms with E-state index in [4.69, 9.17) is 10.7 Å². The number of para-hydroxylation sites is 1. The molecule has 0 bridgehead atoms. The first-order chi connectivity index (χ1) is 14.5. The lowest BCUT2D eigenvalue weighted by atomic mass is 10.0. The fourth-order valence-corrected chi connectivity index (χ4v) is 4.10. The molecule has 0 spiro atoms. The van der Waals surface area contributed by atoms with Crippen molar-refractivity contribution in [3.8, 4) is 6.07 Å². The number of aryl methyl sites for hydroxylation is 1. The minimum atomic E-state index is -1.06. The zero-order valence-corrected chi connectivity index (χ0v) is 17.5. The molecule has 1 heterocycles. The van der Waals surface area contributed by atoms with Crippen molar-refractivity contribution in [2.24, 2.45) is 5.92 Å². The lowest BCUT2D eigenvalue weighted by Gasteiger charge is -2.13. The van der Waals surface area contributed by atoms with Crippen molar-refractivity contribution in [3.63, 3.8) is 0 Å². The Bertz CT molecular complexity index is 1170. The van der Waals surface area contributed by atoms with Gasteiger partial charge in [0.05, 0.1) is 22.7 Å². The van der Waals surface area contributed by atoms with Crippen molar-refractivity contribution < 1.29 is 4.79 Å². The van der Waals surface area contributed by atoms with Crippen LogP contribution in [0.5, 0.6) is 0 Å². The molecule has 0 aliphatic carbocycles. The summed E-state index contributed by atoms with van der Waals surface area (Å²) < 4.78 is 1.61. The van der Waals surface area contributed by atoms with Crippen LogP contribution in [-0.2, 0) is 17.8 Å². The summed E-state index contributed by atoms with van der Waals surface area (Å²) >= 11 is 1.15. The fourth-order valence-electron chi connectivity index (χ4n) is 3.17. The van der Waals surface area contributed by atoms with E-state index >= 15 is 0 Å². The van der Waals surface area contributed by atoms with Gasteiger partial charge in [-0.25, -0.2) is 4.98 Å². The Morgan fingerprint density at radius 3 is 2.60 bits per heavy atom. The van der Waals surface area contributed by atoms with Gasteiger partial charge >= 0.3 is 0 Å². The number of hydrogen-bond acceptors (Lipinski definition) is 6. The van der Waals surface area contributed by atoms with Crippen molar-refractivity contribution in [2.75, 3.05) is 5.75 Å². The Balaban J connectivity index is 1.85. The lowest BCUT2D eigenvalue weighted by Crippen LogP contribution is -2.25. The van der Waals surface area contributed by atoms with E-state index < -0.39 is 5.92 Å². The van der Waals surface area contributed by atoms with Gasteiger partial charge in [0, 0.05) is 12.3 Å². The van der Waals surface area contributed by atoms with Gasteiger partial charge in [0.2, 0.25) is 0 Å². The van der Waals surface area contributed by atoms with Crippen molar-refractivity contribution in [3.05, 3.63) is 70.5 Å². The number of nitrogens with zero attached hydrogens (tertiary/aromatic N) is 3. The largest absolute Gasteiger partial charge is 0.308 e. The quantitative estimate of drug-likeness (QED) is 0.323. The van der Waals surface area contributed by atoms with Crippen LogP contribution in [-0.4, -0.2) is 26.8 Å². The average Bonchev–Trinajstić information content (AvgIpc) is 2.75. The third-order valence-electron chi connectivity index (χ3n) is 4.74.